The van der Waals surface area contributed by atoms with Crippen LogP contribution >= 0.6 is 0 Å². The standard InChI is InChI=1S/C5H12O2.Y/c1-5(7-3)4-6-2;/h5H,4H2,1-3H3;. The zero-order chi connectivity index (χ0) is 5.70. The van der Waals surface area contributed by atoms with Gasteiger partial charge in [-0.1, -0.05) is 0 Å². The normalized spacial score (nSPS) is 12.4. The summed E-state index contributed by atoms with van der Waals surface area (Å²) in [7, 11) is 3.33. The Balaban J connectivity index is 0. The molecule has 0 rings (SSSR count). The number of hydrogen-bond donors (Lipinski definition) is 0. The predicted octanol–water partition coefficient (Wildman–Crippen LogP) is 0.665. The second-order valence-electron chi connectivity index (χ2n) is 1.50. The van der Waals surface area contributed by atoms with E-state index in [0.29, 0.717) is 6.61 Å². The largest absolute Gasteiger partial charge is 0.382 e. The van der Waals surface area contributed by atoms with Gasteiger partial charge in [0.2, 0.25) is 0 Å². The van der Waals surface area contributed by atoms with E-state index in [-0.39, 0.29) is 38.8 Å². The van der Waals surface area contributed by atoms with Gasteiger partial charge >= 0.3 is 0 Å². The molecule has 47 valence electrons. The first kappa shape index (κ1) is 11.8. The Morgan fingerprint density at radius 2 is 1.88 bits per heavy atom. The number of methoxy groups -OCH3 is 2. The van der Waals surface area contributed by atoms with Crippen LogP contribution in [0.3, 0.4) is 0 Å². The molecule has 0 amide bonds. The van der Waals surface area contributed by atoms with Crippen molar-refractivity contribution in [1.82, 2.24) is 0 Å². The summed E-state index contributed by atoms with van der Waals surface area (Å²) in [6.07, 6.45) is 0.227. The molecule has 0 saturated heterocycles. The van der Waals surface area contributed by atoms with E-state index < -0.39 is 0 Å². The Hall–Kier alpha value is 1.02. The van der Waals surface area contributed by atoms with Crippen molar-refractivity contribution < 1.29 is 42.2 Å². The molecule has 0 aliphatic rings. The average molecular weight is 193 g/mol. The van der Waals surface area contributed by atoms with Gasteiger partial charge in [-0.25, -0.2) is 0 Å². The Labute approximate surface area is 75.8 Å². The first-order chi connectivity index (χ1) is 3.31. The molecule has 0 spiro atoms. The minimum absolute atomic E-state index is 0. The van der Waals surface area contributed by atoms with Crippen molar-refractivity contribution in [1.29, 1.82) is 0 Å². The number of ether oxygens (including phenoxy) is 2. The van der Waals surface area contributed by atoms with Crippen molar-refractivity contribution in [3.05, 3.63) is 0 Å². The molecule has 0 bridgehead atoms. The van der Waals surface area contributed by atoms with E-state index in [9.17, 15) is 0 Å². The van der Waals surface area contributed by atoms with Crippen molar-refractivity contribution in [2.45, 2.75) is 13.0 Å². The van der Waals surface area contributed by atoms with Crippen molar-refractivity contribution >= 4 is 0 Å². The molecule has 0 aromatic rings. The third kappa shape index (κ3) is 7.02. The van der Waals surface area contributed by atoms with Gasteiger partial charge in [-0.2, -0.15) is 0 Å². The summed E-state index contributed by atoms with van der Waals surface area (Å²) in [5, 5.41) is 0. The molecule has 1 atom stereocenters. The van der Waals surface area contributed by atoms with Crippen molar-refractivity contribution in [3.63, 3.8) is 0 Å². The summed E-state index contributed by atoms with van der Waals surface area (Å²) in [6.45, 7) is 2.64. The van der Waals surface area contributed by atoms with Crippen molar-refractivity contribution in [3.8, 4) is 0 Å². The van der Waals surface area contributed by atoms with Crippen LogP contribution in [-0.2, 0) is 42.2 Å². The van der Waals surface area contributed by atoms with Crippen LogP contribution < -0.4 is 0 Å². The van der Waals surface area contributed by atoms with Crippen LogP contribution in [0.25, 0.3) is 0 Å². The molecule has 0 aromatic carbocycles. The predicted molar refractivity (Wildman–Crippen MR) is 28.3 cm³/mol. The van der Waals surface area contributed by atoms with Crippen LogP contribution in [0, 0.1) is 0 Å². The maximum atomic E-state index is 4.87. The molecule has 3 heteroatoms. The Kier molecular flexibility index (Phi) is 11.8. The summed E-state index contributed by atoms with van der Waals surface area (Å²) < 4.78 is 9.64. The topological polar surface area (TPSA) is 18.5 Å². The van der Waals surface area contributed by atoms with Crippen LogP contribution in [0.4, 0.5) is 0 Å². The molecule has 0 N–H and O–H groups in total. The van der Waals surface area contributed by atoms with Crippen molar-refractivity contribution in [2.75, 3.05) is 20.8 Å². The van der Waals surface area contributed by atoms with Gasteiger partial charge in [0, 0.05) is 46.9 Å². The summed E-state index contributed by atoms with van der Waals surface area (Å²) in [5.74, 6) is 0. The molecule has 0 heterocycles. The molecule has 2 nitrogen and oxygen atoms in total. The summed E-state index contributed by atoms with van der Waals surface area (Å²) in [5.41, 5.74) is 0. The third-order valence-corrected chi connectivity index (χ3v) is 0.804. The molecule has 1 radical (unpaired) electrons. The zero-order valence-corrected chi connectivity index (χ0v) is 8.52. The van der Waals surface area contributed by atoms with E-state index in [1.54, 1.807) is 14.2 Å². The van der Waals surface area contributed by atoms with E-state index in [1.807, 2.05) is 6.92 Å². The number of hydrogen-bond acceptors (Lipinski definition) is 2. The second-order valence-corrected chi connectivity index (χ2v) is 1.50. The fourth-order valence-electron chi connectivity index (χ4n) is 0.303. The molecular weight excluding hydrogens is 181 g/mol. The van der Waals surface area contributed by atoms with Crippen LogP contribution in [0.5, 0.6) is 0 Å². The fourth-order valence-corrected chi connectivity index (χ4v) is 0.303. The minimum atomic E-state index is 0. The van der Waals surface area contributed by atoms with E-state index in [2.05, 4.69) is 0 Å². The van der Waals surface area contributed by atoms with Gasteiger partial charge in [-0.15, -0.1) is 0 Å². The molecule has 0 aromatic heterocycles. The first-order valence-corrected chi connectivity index (χ1v) is 2.33. The van der Waals surface area contributed by atoms with Gasteiger partial charge in [-0.3, -0.25) is 0 Å². The Morgan fingerprint density at radius 1 is 1.38 bits per heavy atom. The van der Waals surface area contributed by atoms with Crippen LogP contribution in [-0.4, -0.2) is 26.9 Å². The second kappa shape index (κ2) is 8.02. The minimum Gasteiger partial charge on any atom is -0.382 e. The quantitative estimate of drug-likeness (QED) is 0.655. The molecule has 0 fully saturated rings. The molecule has 8 heavy (non-hydrogen) atoms. The van der Waals surface area contributed by atoms with E-state index in [4.69, 9.17) is 9.47 Å². The first-order valence-electron chi connectivity index (χ1n) is 2.33. The Morgan fingerprint density at radius 3 is 2.00 bits per heavy atom. The van der Waals surface area contributed by atoms with Gasteiger partial charge in [0.1, 0.15) is 0 Å². The number of rotatable bonds is 3. The van der Waals surface area contributed by atoms with Crippen LogP contribution in [0.2, 0.25) is 0 Å². The van der Waals surface area contributed by atoms with E-state index in [1.165, 1.54) is 0 Å². The summed E-state index contributed by atoms with van der Waals surface area (Å²) >= 11 is 0. The molecule has 0 aliphatic carbocycles. The Bertz CT molecular complexity index is 41.4. The smallest absolute Gasteiger partial charge is 0.0776 e. The van der Waals surface area contributed by atoms with Gasteiger partial charge in [0.05, 0.1) is 12.7 Å². The average Bonchev–Trinajstić information content (AvgIpc) is 1.68. The zero-order valence-electron chi connectivity index (χ0n) is 5.68. The van der Waals surface area contributed by atoms with E-state index in [0.717, 1.165) is 0 Å². The van der Waals surface area contributed by atoms with Crippen LogP contribution in [0.1, 0.15) is 6.92 Å². The van der Waals surface area contributed by atoms with Gasteiger partial charge < -0.3 is 9.47 Å². The molecule has 1 unspecified atom stereocenters. The summed E-state index contributed by atoms with van der Waals surface area (Å²) in [4.78, 5) is 0. The van der Waals surface area contributed by atoms with Gasteiger partial charge in [-0.05, 0) is 6.92 Å². The maximum absolute atomic E-state index is 4.87. The maximum Gasteiger partial charge on any atom is 0.0776 e. The monoisotopic (exact) mass is 193 g/mol. The molecule has 0 aliphatic heterocycles. The van der Waals surface area contributed by atoms with Crippen LogP contribution in [0.15, 0.2) is 0 Å². The fraction of sp³-hybridized carbons (Fsp3) is 1.00. The van der Waals surface area contributed by atoms with Gasteiger partial charge in [0.25, 0.3) is 0 Å². The van der Waals surface area contributed by atoms with E-state index >= 15 is 0 Å². The SMILES string of the molecule is COCC(C)OC.[Y]. The molecule has 0 saturated carbocycles. The molecular formula is C5H12O2Y. The summed E-state index contributed by atoms with van der Waals surface area (Å²) in [6, 6.07) is 0. The third-order valence-electron chi connectivity index (χ3n) is 0.804. The van der Waals surface area contributed by atoms with Crippen molar-refractivity contribution in [2.24, 2.45) is 0 Å². The van der Waals surface area contributed by atoms with Gasteiger partial charge in [0.15, 0.2) is 0 Å².